The first kappa shape index (κ1) is 24.9. The Bertz CT molecular complexity index is 1910. The Morgan fingerprint density at radius 2 is 1.88 bits per heavy atom. The van der Waals surface area contributed by atoms with Crippen molar-refractivity contribution in [2.75, 3.05) is 11.5 Å². The number of para-hydroxylation sites is 1. The Kier molecular flexibility index (Phi) is 6.27. The molecule has 40 heavy (non-hydrogen) atoms. The summed E-state index contributed by atoms with van der Waals surface area (Å²) in [6, 6.07) is 15.2. The number of fused-ring (bicyclic) bond motifs is 1. The van der Waals surface area contributed by atoms with Gasteiger partial charge in [0.05, 0.1) is 29.3 Å². The Morgan fingerprint density at radius 1 is 1.05 bits per heavy atom. The maximum Gasteiger partial charge on any atom is 0.270 e. The van der Waals surface area contributed by atoms with Gasteiger partial charge in [-0.25, -0.2) is 9.55 Å². The van der Waals surface area contributed by atoms with E-state index in [1.807, 2.05) is 61.8 Å². The Labute approximate surface area is 228 Å². The van der Waals surface area contributed by atoms with Gasteiger partial charge in [0.15, 0.2) is 11.4 Å². The van der Waals surface area contributed by atoms with E-state index in [4.69, 9.17) is 21.0 Å². The summed E-state index contributed by atoms with van der Waals surface area (Å²) in [5.74, 6) is 1.90. The number of rotatable bonds is 7. The quantitative estimate of drug-likeness (QED) is 0.293. The van der Waals surface area contributed by atoms with Gasteiger partial charge in [-0.3, -0.25) is 14.0 Å². The first-order valence-electron chi connectivity index (χ1n) is 12.7. The third kappa shape index (κ3) is 4.45. The lowest BCUT2D eigenvalue weighted by Gasteiger charge is -2.15. The summed E-state index contributed by atoms with van der Waals surface area (Å²) in [5, 5.41) is 8.66. The minimum Gasteiger partial charge on any atom is -0.369 e. The SMILES string of the molecule is Cc1noc(-c2c(N)nc[n+](CCCc3nc4cccc(-c5cnn(C)c5)c4c(=O)n3-c3ccccc3)c2N)n1. The Hall–Kier alpha value is -5.39. The third-order valence-electron chi connectivity index (χ3n) is 6.70. The Morgan fingerprint density at radius 3 is 2.60 bits per heavy atom. The van der Waals surface area contributed by atoms with E-state index in [2.05, 4.69) is 20.2 Å². The number of hydrogen-bond donors (Lipinski definition) is 2. The van der Waals surface area contributed by atoms with Crippen molar-refractivity contribution in [2.24, 2.45) is 7.05 Å². The highest BCUT2D eigenvalue weighted by molar-refractivity contribution is 5.94. The van der Waals surface area contributed by atoms with Crippen LogP contribution in [0, 0.1) is 6.92 Å². The van der Waals surface area contributed by atoms with E-state index >= 15 is 0 Å². The molecule has 0 fully saturated rings. The highest BCUT2D eigenvalue weighted by atomic mass is 16.5. The second kappa shape index (κ2) is 10.1. The van der Waals surface area contributed by atoms with Crippen LogP contribution in [0.3, 0.4) is 0 Å². The van der Waals surface area contributed by atoms with Gasteiger partial charge in [-0.15, -0.1) is 0 Å². The molecule has 12 nitrogen and oxygen atoms in total. The van der Waals surface area contributed by atoms with Crippen LogP contribution in [0.5, 0.6) is 0 Å². The molecule has 0 aliphatic carbocycles. The molecule has 4 heterocycles. The molecule has 4 N–H and O–H groups in total. The van der Waals surface area contributed by atoms with Crippen LogP contribution < -0.4 is 21.6 Å². The minimum absolute atomic E-state index is 0.138. The number of benzene rings is 2. The molecule has 0 unspecified atom stereocenters. The molecule has 0 amide bonds. The zero-order valence-corrected chi connectivity index (χ0v) is 22.0. The predicted octanol–water partition coefficient (Wildman–Crippen LogP) is 2.62. The number of aryl methyl sites for hydroxylation is 4. The number of anilines is 2. The number of aromatic nitrogens is 8. The van der Waals surface area contributed by atoms with Crippen LogP contribution in [-0.4, -0.2) is 34.5 Å². The van der Waals surface area contributed by atoms with E-state index in [9.17, 15) is 4.79 Å². The van der Waals surface area contributed by atoms with E-state index in [0.29, 0.717) is 53.3 Å². The van der Waals surface area contributed by atoms with Crippen molar-refractivity contribution >= 4 is 22.5 Å². The number of nitrogens with two attached hydrogens (primary N) is 2. The van der Waals surface area contributed by atoms with E-state index in [0.717, 1.165) is 16.8 Å². The molecule has 0 spiro atoms. The van der Waals surface area contributed by atoms with Crippen LogP contribution in [-0.2, 0) is 20.0 Å². The van der Waals surface area contributed by atoms with Gasteiger partial charge in [-0.2, -0.15) is 10.1 Å². The zero-order chi connectivity index (χ0) is 27.8. The molecule has 12 heteroatoms. The zero-order valence-electron chi connectivity index (χ0n) is 22.0. The van der Waals surface area contributed by atoms with Crippen LogP contribution in [0.15, 0.2) is 76.6 Å². The lowest BCUT2D eigenvalue weighted by Crippen LogP contribution is -2.39. The predicted molar refractivity (Wildman–Crippen MR) is 149 cm³/mol. The largest absolute Gasteiger partial charge is 0.369 e. The van der Waals surface area contributed by atoms with Crippen LogP contribution >= 0.6 is 0 Å². The molecule has 6 aromatic rings. The average Bonchev–Trinajstić information content (AvgIpc) is 3.58. The summed E-state index contributed by atoms with van der Waals surface area (Å²) in [4.78, 5) is 27.6. The van der Waals surface area contributed by atoms with Crippen LogP contribution in [0.4, 0.5) is 11.6 Å². The van der Waals surface area contributed by atoms with Gasteiger partial charge in [0.1, 0.15) is 5.82 Å². The van der Waals surface area contributed by atoms with Gasteiger partial charge in [0.25, 0.3) is 11.4 Å². The monoisotopic (exact) mass is 535 g/mol. The molecule has 0 saturated heterocycles. The van der Waals surface area contributed by atoms with Gasteiger partial charge in [0, 0.05) is 25.2 Å². The van der Waals surface area contributed by atoms with Gasteiger partial charge >= 0.3 is 0 Å². The second-order valence-electron chi connectivity index (χ2n) is 9.44. The molecule has 2 aromatic carbocycles. The standard InChI is InChI=1S/C28H26N10O2/c1-17-33-27(40-35-17)24-25(29)31-16-37(26(24)30)13-7-12-22-34-21-11-6-10-20(18-14-32-36(2)15-18)23(21)28(39)38(22)19-8-4-3-5-9-19/h3-6,8-11,14-16H,7,12-13H2,1-2H3,(H3,29,30,33,35)/p+1. The molecule has 200 valence electrons. The van der Waals surface area contributed by atoms with Gasteiger partial charge < -0.3 is 16.0 Å². The van der Waals surface area contributed by atoms with Crippen LogP contribution in [0.25, 0.3) is 39.2 Å². The van der Waals surface area contributed by atoms with E-state index < -0.39 is 0 Å². The summed E-state index contributed by atoms with van der Waals surface area (Å²) in [6.07, 6.45) is 6.34. The smallest absolute Gasteiger partial charge is 0.270 e. The number of hydrogen-bond acceptors (Lipinski definition) is 9. The van der Waals surface area contributed by atoms with E-state index in [-0.39, 0.29) is 17.3 Å². The summed E-state index contributed by atoms with van der Waals surface area (Å²) in [7, 11) is 1.85. The lowest BCUT2D eigenvalue weighted by molar-refractivity contribution is -0.685. The van der Waals surface area contributed by atoms with E-state index in [1.54, 1.807) is 33.3 Å². The maximum atomic E-state index is 14.1. The first-order valence-corrected chi connectivity index (χ1v) is 12.7. The molecule has 0 atom stereocenters. The fraction of sp³-hybridized carbons (Fsp3) is 0.179. The fourth-order valence-electron chi connectivity index (χ4n) is 4.82. The molecular weight excluding hydrogens is 508 g/mol. The minimum atomic E-state index is -0.138. The van der Waals surface area contributed by atoms with Crippen molar-refractivity contribution in [3.63, 3.8) is 0 Å². The number of nitrogens with zero attached hydrogens (tertiary/aromatic N) is 8. The highest BCUT2D eigenvalue weighted by Gasteiger charge is 2.23. The van der Waals surface area contributed by atoms with Crippen molar-refractivity contribution < 1.29 is 9.09 Å². The first-order chi connectivity index (χ1) is 19.4. The molecular formula is C28H27N10O2+. The lowest BCUT2D eigenvalue weighted by atomic mass is 10.0. The molecule has 0 saturated carbocycles. The third-order valence-corrected chi connectivity index (χ3v) is 6.70. The molecule has 6 rings (SSSR count). The molecule has 0 aliphatic heterocycles. The Balaban J connectivity index is 1.39. The van der Waals surface area contributed by atoms with Crippen molar-refractivity contribution in [2.45, 2.75) is 26.3 Å². The molecule has 0 bridgehead atoms. The molecule has 0 radical (unpaired) electrons. The fourth-order valence-corrected chi connectivity index (χ4v) is 4.82. The second-order valence-corrected chi connectivity index (χ2v) is 9.44. The summed E-state index contributed by atoms with van der Waals surface area (Å²) in [5.41, 5.74) is 15.8. The number of nitrogen functional groups attached to an aromatic ring is 2. The van der Waals surface area contributed by atoms with Crippen molar-refractivity contribution in [1.82, 2.24) is 34.5 Å². The van der Waals surface area contributed by atoms with Gasteiger partial charge in [-0.05, 0) is 37.1 Å². The molecule has 4 aromatic heterocycles. The van der Waals surface area contributed by atoms with Gasteiger partial charge in [-0.1, -0.05) is 40.5 Å². The van der Waals surface area contributed by atoms with Crippen LogP contribution in [0.2, 0.25) is 0 Å². The van der Waals surface area contributed by atoms with Crippen molar-refractivity contribution in [3.8, 4) is 28.3 Å². The van der Waals surface area contributed by atoms with Crippen LogP contribution in [0.1, 0.15) is 18.1 Å². The summed E-state index contributed by atoms with van der Waals surface area (Å²) in [6.45, 7) is 2.21. The maximum absolute atomic E-state index is 14.1. The van der Waals surface area contributed by atoms with Gasteiger partial charge in [0.2, 0.25) is 18.0 Å². The highest BCUT2D eigenvalue weighted by Crippen LogP contribution is 2.27. The van der Waals surface area contributed by atoms with Crippen molar-refractivity contribution in [3.05, 3.63) is 89.3 Å². The average molecular weight is 536 g/mol. The van der Waals surface area contributed by atoms with E-state index in [1.165, 1.54) is 0 Å². The molecule has 0 aliphatic rings. The summed E-state index contributed by atoms with van der Waals surface area (Å²) < 4.78 is 10.4. The topological polar surface area (TPSA) is 160 Å². The normalized spacial score (nSPS) is 11.3. The summed E-state index contributed by atoms with van der Waals surface area (Å²) >= 11 is 0. The van der Waals surface area contributed by atoms with Crippen molar-refractivity contribution in [1.29, 1.82) is 0 Å².